The Bertz CT molecular complexity index is 763. The molecular formula is C14H16FN3O2S. The Morgan fingerprint density at radius 3 is 2.48 bits per heavy atom. The van der Waals surface area contributed by atoms with E-state index in [0.717, 1.165) is 11.6 Å². The summed E-state index contributed by atoms with van der Waals surface area (Å²) in [5, 5.41) is 4.97. The molecule has 7 heteroatoms. The summed E-state index contributed by atoms with van der Waals surface area (Å²) in [6, 6.07) is 10.9. The van der Waals surface area contributed by atoms with E-state index in [2.05, 4.69) is 0 Å². The van der Waals surface area contributed by atoms with Gasteiger partial charge in [-0.3, -0.25) is 0 Å². The number of halogens is 1. The lowest BCUT2D eigenvalue weighted by atomic mass is 10.2. The third-order valence-corrected chi connectivity index (χ3v) is 3.94. The van der Waals surface area contributed by atoms with Gasteiger partial charge in [0.05, 0.1) is 10.6 Å². The molecule has 0 spiro atoms. The van der Waals surface area contributed by atoms with E-state index in [9.17, 15) is 12.8 Å². The summed E-state index contributed by atoms with van der Waals surface area (Å²) >= 11 is 0. The van der Waals surface area contributed by atoms with Gasteiger partial charge in [-0.25, -0.2) is 17.9 Å². The van der Waals surface area contributed by atoms with Crippen molar-refractivity contribution < 1.29 is 12.8 Å². The maximum absolute atomic E-state index is 14.0. The van der Waals surface area contributed by atoms with Gasteiger partial charge in [-0.15, -0.1) is 0 Å². The molecule has 0 radical (unpaired) electrons. The average Bonchev–Trinajstić information content (AvgIpc) is 2.37. The first-order chi connectivity index (χ1) is 9.77. The largest absolute Gasteiger partial charge is 0.399 e. The Balaban J connectivity index is 2.26. The smallest absolute Gasteiger partial charge is 0.238 e. The summed E-state index contributed by atoms with van der Waals surface area (Å²) in [5.74, 6) is -0.645. The molecule has 0 saturated carbocycles. The molecule has 0 aromatic heterocycles. The second-order valence-electron chi connectivity index (χ2n) is 4.76. The van der Waals surface area contributed by atoms with Crippen LogP contribution in [-0.4, -0.2) is 15.5 Å². The van der Waals surface area contributed by atoms with Gasteiger partial charge in [0.2, 0.25) is 10.0 Å². The molecule has 0 saturated heterocycles. The van der Waals surface area contributed by atoms with Gasteiger partial charge >= 0.3 is 0 Å². The predicted molar refractivity (Wildman–Crippen MR) is 80.7 cm³/mol. The van der Waals surface area contributed by atoms with Crippen LogP contribution in [0.5, 0.6) is 0 Å². The fourth-order valence-electron chi connectivity index (χ4n) is 2.02. The number of rotatable bonds is 4. The molecule has 4 N–H and O–H groups in total. The maximum Gasteiger partial charge on any atom is 0.238 e. The SMILES string of the molecule is CN(Cc1cccc(N)c1)c1ccc(S(N)(=O)=O)cc1F. The van der Waals surface area contributed by atoms with Crippen LogP contribution >= 0.6 is 0 Å². The van der Waals surface area contributed by atoms with Crippen molar-refractivity contribution in [2.24, 2.45) is 5.14 Å². The number of nitrogens with two attached hydrogens (primary N) is 2. The van der Waals surface area contributed by atoms with Crippen molar-refractivity contribution in [2.45, 2.75) is 11.4 Å². The van der Waals surface area contributed by atoms with E-state index in [4.69, 9.17) is 10.9 Å². The zero-order valence-electron chi connectivity index (χ0n) is 11.5. The summed E-state index contributed by atoms with van der Waals surface area (Å²) in [5.41, 5.74) is 7.53. The first kappa shape index (κ1) is 15.3. The number of sulfonamides is 1. The number of hydrogen-bond acceptors (Lipinski definition) is 4. The van der Waals surface area contributed by atoms with Gasteiger partial charge in [-0.05, 0) is 35.9 Å². The maximum atomic E-state index is 14.0. The molecule has 0 unspecified atom stereocenters. The van der Waals surface area contributed by atoms with Crippen LogP contribution in [0.4, 0.5) is 15.8 Å². The normalized spacial score (nSPS) is 11.4. The van der Waals surface area contributed by atoms with Gasteiger partial charge in [0, 0.05) is 19.3 Å². The van der Waals surface area contributed by atoms with E-state index < -0.39 is 15.8 Å². The molecule has 0 aliphatic rings. The van der Waals surface area contributed by atoms with Crippen molar-refractivity contribution in [1.29, 1.82) is 0 Å². The van der Waals surface area contributed by atoms with Crippen molar-refractivity contribution in [3.05, 3.63) is 53.8 Å². The lowest BCUT2D eigenvalue weighted by Gasteiger charge is -2.20. The number of benzene rings is 2. The minimum absolute atomic E-state index is 0.249. The molecule has 0 heterocycles. The van der Waals surface area contributed by atoms with Crippen LogP contribution in [-0.2, 0) is 16.6 Å². The molecule has 2 aromatic rings. The molecule has 0 amide bonds. The second-order valence-corrected chi connectivity index (χ2v) is 6.32. The number of hydrogen-bond donors (Lipinski definition) is 2. The fraction of sp³-hybridized carbons (Fsp3) is 0.143. The third-order valence-electron chi connectivity index (χ3n) is 3.03. The van der Waals surface area contributed by atoms with Crippen LogP contribution in [0.3, 0.4) is 0 Å². The highest BCUT2D eigenvalue weighted by molar-refractivity contribution is 7.89. The number of nitrogens with zero attached hydrogens (tertiary/aromatic N) is 1. The number of anilines is 2. The Hall–Kier alpha value is -2.12. The Labute approximate surface area is 123 Å². The molecule has 0 aliphatic carbocycles. The zero-order valence-corrected chi connectivity index (χ0v) is 12.3. The fourth-order valence-corrected chi connectivity index (χ4v) is 2.55. The van der Waals surface area contributed by atoms with Crippen molar-refractivity contribution in [3.63, 3.8) is 0 Å². The molecule has 2 aromatic carbocycles. The lowest BCUT2D eigenvalue weighted by Crippen LogP contribution is -2.19. The summed E-state index contributed by atoms with van der Waals surface area (Å²) < 4.78 is 36.4. The van der Waals surface area contributed by atoms with Gasteiger partial charge in [0.25, 0.3) is 0 Å². The summed E-state index contributed by atoms with van der Waals surface area (Å²) in [6.45, 7) is 0.441. The molecule has 112 valence electrons. The molecule has 2 rings (SSSR count). The first-order valence-corrected chi connectivity index (χ1v) is 7.70. The van der Waals surface area contributed by atoms with E-state index in [1.54, 1.807) is 24.1 Å². The average molecular weight is 309 g/mol. The van der Waals surface area contributed by atoms with E-state index in [1.165, 1.54) is 12.1 Å². The lowest BCUT2D eigenvalue weighted by molar-refractivity contribution is 0.591. The summed E-state index contributed by atoms with van der Waals surface area (Å²) in [4.78, 5) is 1.41. The van der Waals surface area contributed by atoms with E-state index in [1.807, 2.05) is 12.1 Å². The van der Waals surface area contributed by atoms with Crippen molar-refractivity contribution in [3.8, 4) is 0 Å². The van der Waals surface area contributed by atoms with Crippen LogP contribution in [0, 0.1) is 5.82 Å². The minimum atomic E-state index is -3.91. The Morgan fingerprint density at radius 1 is 1.19 bits per heavy atom. The molecule has 0 atom stereocenters. The van der Waals surface area contributed by atoms with Crippen molar-refractivity contribution in [2.75, 3.05) is 17.7 Å². The van der Waals surface area contributed by atoms with Gasteiger partial charge in [-0.1, -0.05) is 12.1 Å². The quantitative estimate of drug-likeness (QED) is 0.841. The molecule has 0 aliphatic heterocycles. The van der Waals surface area contributed by atoms with Crippen LogP contribution in [0.15, 0.2) is 47.4 Å². The molecule has 0 bridgehead atoms. The Morgan fingerprint density at radius 2 is 1.90 bits per heavy atom. The monoisotopic (exact) mass is 309 g/mol. The van der Waals surface area contributed by atoms with Crippen molar-refractivity contribution in [1.82, 2.24) is 0 Å². The molecule has 5 nitrogen and oxygen atoms in total. The van der Waals surface area contributed by atoms with Crippen LogP contribution < -0.4 is 15.8 Å². The standard InChI is InChI=1S/C14H16FN3O2S/c1-18(9-10-3-2-4-11(16)7-10)14-6-5-12(8-13(14)15)21(17,19)20/h2-8H,9,16H2,1H3,(H2,17,19,20). The third kappa shape index (κ3) is 3.71. The number of primary sulfonamides is 1. The summed E-state index contributed by atoms with van der Waals surface area (Å²) in [6.07, 6.45) is 0. The van der Waals surface area contributed by atoms with E-state index >= 15 is 0 Å². The predicted octanol–water partition coefficient (Wildman–Crippen LogP) is 1.69. The molecular weight excluding hydrogens is 293 g/mol. The Kier molecular flexibility index (Phi) is 4.15. The highest BCUT2D eigenvalue weighted by atomic mass is 32.2. The van der Waals surface area contributed by atoms with Gasteiger partial charge in [0.1, 0.15) is 5.82 Å². The molecule has 0 fully saturated rings. The zero-order chi connectivity index (χ0) is 15.6. The van der Waals surface area contributed by atoms with Crippen molar-refractivity contribution >= 4 is 21.4 Å². The van der Waals surface area contributed by atoms with E-state index in [-0.39, 0.29) is 10.6 Å². The first-order valence-electron chi connectivity index (χ1n) is 6.15. The van der Waals surface area contributed by atoms with Gasteiger partial charge in [0.15, 0.2) is 0 Å². The van der Waals surface area contributed by atoms with E-state index in [0.29, 0.717) is 12.2 Å². The van der Waals surface area contributed by atoms with Crippen LogP contribution in [0.25, 0.3) is 0 Å². The number of nitrogen functional groups attached to an aromatic ring is 1. The highest BCUT2D eigenvalue weighted by Crippen LogP contribution is 2.23. The topological polar surface area (TPSA) is 89.4 Å². The molecule has 21 heavy (non-hydrogen) atoms. The van der Waals surface area contributed by atoms with Gasteiger partial charge in [-0.2, -0.15) is 0 Å². The van der Waals surface area contributed by atoms with Crippen LogP contribution in [0.2, 0.25) is 0 Å². The second kappa shape index (κ2) is 5.71. The highest BCUT2D eigenvalue weighted by Gasteiger charge is 2.14. The van der Waals surface area contributed by atoms with Gasteiger partial charge < -0.3 is 10.6 Å². The summed E-state index contributed by atoms with van der Waals surface area (Å²) in [7, 11) is -2.20. The minimum Gasteiger partial charge on any atom is -0.399 e. The van der Waals surface area contributed by atoms with Crippen LogP contribution in [0.1, 0.15) is 5.56 Å².